The van der Waals surface area contributed by atoms with Crippen LogP contribution in [0, 0.1) is 0 Å². The first-order valence-corrected chi connectivity index (χ1v) is 12.2. The predicted octanol–water partition coefficient (Wildman–Crippen LogP) is 5.93. The summed E-state index contributed by atoms with van der Waals surface area (Å²) in [5, 5.41) is 7.46. The van der Waals surface area contributed by atoms with E-state index in [1.165, 1.54) is 0 Å². The molecule has 0 aromatic heterocycles. The molecule has 0 bridgehead atoms. The van der Waals surface area contributed by atoms with Crippen molar-refractivity contribution in [1.29, 1.82) is 0 Å². The highest BCUT2D eigenvalue weighted by Gasteiger charge is 2.11. The van der Waals surface area contributed by atoms with Crippen molar-refractivity contribution in [3.63, 3.8) is 0 Å². The summed E-state index contributed by atoms with van der Waals surface area (Å²) in [6.45, 7) is -0.390. The van der Waals surface area contributed by atoms with Crippen molar-refractivity contribution in [3.8, 4) is 17.2 Å². The minimum Gasteiger partial charge on any atom is -0.497 e. The van der Waals surface area contributed by atoms with E-state index in [1.807, 2.05) is 36.4 Å². The fraction of sp³-hybridized carbons (Fsp3) is 0.167. The quantitative estimate of drug-likeness (QED) is 0.242. The smallest absolute Gasteiger partial charge is 0.306 e. The van der Waals surface area contributed by atoms with Gasteiger partial charge in [0.1, 0.15) is 17.2 Å². The van der Waals surface area contributed by atoms with Gasteiger partial charge in [0.15, 0.2) is 6.61 Å². The molecular formula is C30H28N2O6. The number of hydrogen-bond donors (Lipinski definition) is 2. The van der Waals surface area contributed by atoms with Crippen LogP contribution >= 0.6 is 0 Å². The molecule has 0 unspecified atom stereocenters. The number of nitrogens with one attached hydrogen (secondary N) is 2. The Kier molecular flexibility index (Phi) is 8.91. The van der Waals surface area contributed by atoms with E-state index in [4.69, 9.17) is 14.2 Å². The van der Waals surface area contributed by atoms with Crippen molar-refractivity contribution in [1.82, 2.24) is 0 Å². The third-order valence-electron chi connectivity index (χ3n) is 5.65. The number of hydrogen-bond acceptors (Lipinski definition) is 6. The number of rotatable bonds is 11. The molecule has 2 amide bonds. The topological polar surface area (TPSA) is 103 Å². The lowest BCUT2D eigenvalue weighted by molar-refractivity contribution is -0.147. The van der Waals surface area contributed by atoms with Crippen LogP contribution in [-0.4, -0.2) is 31.5 Å². The molecule has 0 aliphatic rings. The van der Waals surface area contributed by atoms with Gasteiger partial charge in [-0.15, -0.1) is 0 Å². The zero-order chi connectivity index (χ0) is 26.7. The van der Waals surface area contributed by atoms with Crippen molar-refractivity contribution < 1.29 is 28.6 Å². The molecule has 0 spiro atoms. The molecule has 4 aromatic rings. The summed E-state index contributed by atoms with van der Waals surface area (Å²) in [4.78, 5) is 36.5. The summed E-state index contributed by atoms with van der Waals surface area (Å²) in [5.74, 6) is 0.847. The monoisotopic (exact) mass is 512 g/mol. The molecule has 194 valence electrons. The van der Waals surface area contributed by atoms with E-state index >= 15 is 0 Å². The minimum atomic E-state index is -0.536. The predicted molar refractivity (Wildman–Crippen MR) is 146 cm³/mol. The zero-order valence-corrected chi connectivity index (χ0v) is 20.9. The summed E-state index contributed by atoms with van der Waals surface area (Å²) in [6, 6.07) is 27.5. The largest absolute Gasteiger partial charge is 0.497 e. The number of esters is 1. The van der Waals surface area contributed by atoms with Gasteiger partial charge in [-0.2, -0.15) is 0 Å². The lowest BCUT2D eigenvalue weighted by Gasteiger charge is -2.10. The molecule has 4 aromatic carbocycles. The highest BCUT2D eigenvalue weighted by atomic mass is 16.5. The summed E-state index contributed by atoms with van der Waals surface area (Å²) in [7, 11) is 1.60. The Morgan fingerprint density at radius 2 is 1.34 bits per heavy atom. The fourth-order valence-corrected chi connectivity index (χ4v) is 3.74. The average molecular weight is 513 g/mol. The lowest BCUT2D eigenvalue weighted by atomic mass is 10.1. The number of carbonyl (C=O) groups excluding carboxylic acids is 3. The van der Waals surface area contributed by atoms with Crippen LogP contribution in [0.4, 0.5) is 11.4 Å². The van der Waals surface area contributed by atoms with E-state index in [1.54, 1.807) is 61.7 Å². The highest BCUT2D eigenvalue weighted by Crippen LogP contribution is 2.25. The van der Waals surface area contributed by atoms with Crippen LogP contribution in [0.5, 0.6) is 17.2 Å². The summed E-state index contributed by atoms with van der Waals surface area (Å²) >= 11 is 0. The Hall–Kier alpha value is -4.85. The van der Waals surface area contributed by atoms with Crippen molar-refractivity contribution in [3.05, 3.63) is 91.0 Å². The number of carbonyl (C=O) groups is 3. The third-order valence-corrected chi connectivity index (χ3v) is 5.65. The Morgan fingerprint density at radius 1 is 0.684 bits per heavy atom. The molecule has 8 nitrogen and oxygen atoms in total. The molecule has 0 heterocycles. The van der Waals surface area contributed by atoms with Gasteiger partial charge in [0.25, 0.3) is 5.91 Å². The van der Waals surface area contributed by atoms with E-state index in [0.717, 1.165) is 16.5 Å². The number of methoxy groups -OCH3 is 1. The minimum absolute atomic E-state index is 0.0314. The van der Waals surface area contributed by atoms with Gasteiger partial charge in [-0.05, 0) is 66.4 Å². The van der Waals surface area contributed by atoms with Crippen LogP contribution in [-0.2, 0) is 19.1 Å². The molecule has 4 rings (SSSR count). The third kappa shape index (κ3) is 7.57. The van der Waals surface area contributed by atoms with Crippen LogP contribution in [0.3, 0.4) is 0 Å². The summed E-state index contributed by atoms with van der Waals surface area (Å²) < 4.78 is 16.0. The first-order valence-electron chi connectivity index (χ1n) is 12.2. The van der Waals surface area contributed by atoms with E-state index in [2.05, 4.69) is 10.6 Å². The number of anilines is 2. The van der Waals surface area contributed by atoms with E-state index in [9.17, 15) is 14.4 Å². The average Bonchev–Trinajstić information content (AvgIpc) is 2.93. The molecule has 0 saturated carbocycles. The van der Waals surface area contributed by atoms with Crippen molar-refractivity contribution in [2.75, 3.05) is 24.4 Å². The van der Waals surface area contributed by atoms with Gasteiger partial charge < -0.3 is 24.8 Å². The van der Waals surface area contributed by atoms with Crippen molar-refractivity contribution in [2.45, 2.75) is 19.3 Å². The zero-order valence-electron chi connectivity index (χ0n) is 20.9. The van der Waals surface area contributed by atoms with Gasteiger partial charge in [-0.1, -0.05) is 36.4 Å². The molecule has 0 atom stereocenters. The van der Waals surface area contributed by atoms with Gasteiger partial charge in [0.2, 0.25) is 5.91 Å². The normalized spacial score (nSPS) is 10.4. The van der Waals surface area contributed by atoms with Crippen molar-refractivity contribution >= 4 is 39.9 Å². The molecular weight excluding hydrogens is 484 g/mol. The fourth-order valence-electron chi connectivity index (χ4n) is 3.74. The molecule has 0 saturated heterocycles. The second kappa shape index (κ2) is 12.9. The summed E-state index contributed by atoms with van der Waals surface area (Å²) in [5.41, 5.74) is 1.27. The standard InChI is InChI=1S/C30H28N2O6/c1-36-23-16-18-25(19-17-23)38-24-14-12-22(13-15-24)31-28(33)10-5-11-30(35)37-20-29(34)32-27-9-4-7-21-6-2-3-8-26(21)27/h2-4,6-9,12-19H,5,10-11,20H2,1H3,(H,31,33)(H,32,34). The summed E-state index contributed by atoms with van der Waals surface area (Å²) in [6.07, 6.45) is 0.472. The van der Waals surface area contributed by atoms with E-state index in [-0.39, 0.29) is 25.4 Å². The van der Waals surface area contributed by atoms with Gasteiger partial charge >= 0.3 is 5.97 Å². The molecule has 0 radical (unpaired) electrons. The van der Waals surface area contributed by atoms with Gasteiger partial charge in [0, 0.05) is 29.6 Å². The number of benzene rings is 4. The second-order valence-corrected chi connectivity index (χ2v) is 8.44. The van der Waals surface area contributed by atoms with Crippen LogP contribution in [0.15, 0.2) is 91.0 Å². The maximum Gasteiger partial charge on any atom is 0.306 e. The molecule has 2 N–H and O–H groups in total. The molecule has 0 aliphatic carbocycles. The van der Waals surface area contributed by atoms with Gasteiger partial charge in [-0.3, -0.25) is 14.4 Å². The lowest BCUT2D eigenvalue weighted by Crippen LogP contribution is -2.21. The number of fused-ring (bicyclic) bond motifs is 1. The maximum absolute atomic E-state index is 12.2. The van der Waals surface area contributed by atoms with Gasteiger partial charge in [-0.25, -0.2) is 0 Å². The van der Waals surface area contributed by atoms with Crippen molar-refractivity contribution in [2.24, 2.45) is 0 Å². The Morgan fingerprint density at radius 3 is 2.08 bits per heavy atom. The van der Waals surface area contributed by atoms with Crippen LogP contribution in [0.2, 0.25) is 0 Å². The van der Waals surface area contributed by atoms with Crippen LogP contribution < -0.4 is 20.1 Å². The Bertz CT molecular complexity index is 1400. The molecule has 0 fully saturated rings. The van der Waals surface area contributed by atoms with Crippen LogP contribution in [0.1, 0.15) is 19.3 Å². The Balaban J connectivity index is 1.14. The SMILES string of the molecule is COc1ccc(Oc2ccc(NC(=O)CCCC(=O)OCC(=O)Nc3cccc4ccccc34)cc2)cc1. The number of amides is 2. The first-order chi connectivity index (χ1) is 18.5. The van der Waals surface area contributed by atoms with E-state index < -0.39 is 11.9 Å². The van der Waals surface area contributed by atoms with E-state index in [0.29, 0.717) is 29.3 Å². The molecule has 8 heteroatoms. The first kappa shape index (κ1) is 26.2. The Labute approximate surface area is 220 Å². The highest BCUT2D eigenvalue weighted by molar-refractivity contribution is 6.02. The molecule has 38 heavy (non-hydrogen) atoms. The number of ether oxygens (including phenoxy) is 3. The second-order valence-electron chi connectivity index (χ2n) is 8.44. The maximum atomic E-state index is 12.2. The molecule has 0 aliphatic heterocycles. The van der Waals surface area contributed by atoms with Gasteiger partial charge in [0.05, 0.1) is 7.11 Å². The van der Waals surface area contributed by atoms with Crippen LogP contribution in [0.25, 0.3) is 10.8 Å².